The van der Waals surface area contributed by atoms with E-state index in [4.69, 9.17) is 0 Å². The highest BCUT2D eigenvalue weighted by atomic mass is 19.4. The first-order valence-electron chi connectivity index (χ1n) is 8.72. The van der Waals surface area contributed by atoms with Crippen molar-refractivity contribution in [2.75, 3.05) is 26.2 Å². The lowest BCUT2D eigenvalue weighted by Crippen LogP contribution is -2.45. The predicted octanol–water partition coefficient (Wildman–Crippen LogP) is 4.20. The van der Waals surface area contributed by atoms with Gasteiger partial charge in [0.2, 0.25) is 0 Å². The average Bonchev–Trinajstić information content (AvgIpc) is 2.59. The summed E-state index contributed by atoms with van der Waals surface area (Å²) in [5.74, 6) is -0.193. The molecule has 3 rings (SSSR count). The quantitative estimate of drug-likeness (QED) is 0.880. The number of alkyl halides is 3. The minimum Gasteiger partial charge on any atom is -0.406 e. The largest absolute Gasteiger partial charge is 0.573 e. The Bertz CT molecular complexity index is 717. The lowest BCUT2D eigenvalue weighted by molar-refractivity contribution is -0.274. The molecule has 1 aliphatic rings. The fourth-order valence-corrected chi connectivity index (χ4v) is 3.61. The van der Waals surface area contributed by atoms with Crippen LogP contribution in [0, 0.1) is 13.8 Å². The minimum absolute atomic E-state index is 0.0123. The van der Waals surface area contributed by atoms with Gasteiger partial charge in [0.25, 0.3) is 0 Å². The molecular formula is C20H23F3N2O. The standard InChI is InChI=1S/C20H23F3N2O/c1-14-4-3-5-15(2)18(14)19(25-12-10-24-11-13-25)16-6-8-17(9-7-16)26-20(21,22)23/h3-9,19,24H,10-13H2,1-2H3/t19-/m1/s1. The third-order valence-electron chi connectivity index (χ3n) is 4.76. The number of aryl methyl sites for hydroxylation is 2. The van der Waals surface area contributed by atoms with Crippen molar-refractivity contribution in [2.24, 2.45) is 0 Å². The van der Waals surface area contributed by atoms with E-state index >= 15 is 0 Å². The molecule has 0 spiro atoms. The summed E-state index contributed by atoms with van der Waals surface area (Å²) >= 11 is 0. The van der Waals surface area contributed by atoms with Gasteiger partial charge < -0.3 is 10.1 Å². The van der Waals surface area contributed by atoms with Gasteiger partial charge in [-0.25, -0.2) is 0 Å². The second-order valence-corrected chi connectivity index (χ2v) is 6.61. The molecule has 1 saturated heterocycles. The highest BCUT2D eigenvalue weighted by Crippen LogP contribution is 2.34. The summed E-state index contributed by atoms with van der Waals surface area (Å²) in [6.45, 7) is 7.74. The van der Waals surface area contributed by atoms with Gasteiger partial charge in [0.1, 0.15) is 5.75 Å². The first-order chi connectivity index (χ1) is 12.3. The maximum Gasteiger partial charge on any atom is 0.573 e. The van der Waals surface area contributed by atoms with Crippen LogP contribution in [0.4, 0.5) is 13.2 Å². The van der Waals surface area contributed by atoms with Crippen molar-refractivity contribution in [3.8, 4) is 5.75 Å². The molecule has 1 atom stereocenters. The van der Waals surface area contributed by atoms with Crippen molar-refractivity contribution in [1.29, 1.82) is 0 Å². The van der Waals surface area contributed by atoms with Crippen LogP contribution in [-0.4, -0.2) is 37.4 Å². The van der Waals surface area contributed by atoms with E-state index in [1.54, 1.807) is 12.1 Å². The molecule has 6 heteroatoms. The van der Waals surface area contributed by atoms with E-state index in [0.717, 1.165) is 31.7 Å². The lowest BCUT2D eigenvalue weighted by Gasteiger charge is -2.37. The summed E-state index contributed by atoms with van der Waals surface area (Å²) in [4.78, 5) is 2.38. The highest BCUT2D eigenvalue weighted by molar-refractivity contribution is 5.43. The molecule has 2 aromatic rings. The van der Waals surface area contributed by atoms with Gasteiger partial charge in [-0.1, -0.05) is 30.3 Å². The van der Waals surface area contributed by atoms with E-state index in [2.05, 4.69) is 40.9 Å². The Labute approximate surface area is 151 Å². The summed E-state index contributed by atoms with van der Waals surface area (Å²) in [7, 11) is 0. The van der Waals surface area contributed by atoms with Gasteiger partial charge in [0.15, 0.2) is 0 Å². The Hall–Kier alpha value is -2.05. The van der Waals surface area contributed by atoms with Crippen LogP contribution in [0.25, 0.3) is 0 Å². The summed E-state index contributed by atoms with van der Waals surface area (Å²) in [6, 6.07) is 12.5. The molecule has 2 aromatic carbocycles. The smallest absolute Gasteiger partial charge is 0.406 e. The van der Waals surface area contributed by atoms with Gasteiger partial charge >= 0.3 is 6.36 Å². The zero-order valence-corrected chi connectivity index (χ0v) is 14.9. The van der Waals surface area contributed by atoms with E-state index in [1.165, 1.54) is 28.8 Å². The highest BCUT2D eigenvalue weighted by Gasteiger charge is 2.31. The van der Waals surface area contributed by atoms with Crippen LogP contribution in [0.1, 0.15) is 28.3 Å². The third-order valence-corrected chi connectivity index (χ3v) is 4.76. The molecule has 0 aliphatic carbocycles. The molecule has 140 valence electrons. The van der Waals surface area contributed by atoms with Crippen LogP contribution < -0.4 is 10.1 Å². The second kappa shape index (κ2) is 7.68. The van der Waals surface area contributed by atoms with Crippen LogP contribution in [0.3, 0.4) is 0 Å². The molecule has 0 saturated carbocycles. The lowest BCUT2D eigenvalue weighted by atomic mass is 9.89. The first kappa shape index (κ1) is 18.7. The summed E-state index contributed by atoms with van der Waals surface area (Å²) in [6.07, 6.45) is -4.67. The Balaban J connectivity index is 1.98. The number of nitrogens with zero attached hydrogens (tertiary/aromatic N) is 1. The summed E-state index contributed by atoms with van der Waals surface area (Å²) < 4.78 is 41.3. The number of rotatable bonds is 4. The Kier molecular flexibility index (Phi) is 5.53. The molecule has 0 bridgehead atoms. The molecule has 1 aliphatic heterocycles. The van der Waals surface area contributed by atoms with Crippen molar-refractivity contribution >= 4 is 0 Å². The summed E-state index contributed by atoms with van der Waals surface area (Å²) in [5.41, 5.74) is 4.56. The van der Waals surface area contributed by atoms with Crippen LogP contribution in [0.15, 0.2) is 42.5 Å². The van der Waals surface area contributed by atoms with Crippen molar-refractivity contribution in [3.05, 3.63) is 64.7 Å². The summed E-state index contributed by atoms with van der Waals surface area (Å²) in [5, 5.41) is 3.35. The van der Waals surface area contributed by atoms with E-state index in [-0.39, 0.29) is 11.8 Å². The fourth-order valence-electron chi connectivity index (χ4n) is 3.61. The zero-order chi connectivity index (χ0) is 18.7. The van der Waals surface area contributed by atoms with E-state index < -0.39 is 6.36 Å². The van der Waals surface area contributed by atoms with Crippen molar-refractivity contribution in [1.82, 2.24) is 10.2 Å². The molecule has 1 heterocycles. The normalized spacial score (nSPS) is 17.1. The SMILES string of the molecule is Cc1cccc(C)c1[C@@H](c1ccc(OC(F)(F)F)cc1)N1CCNCC1. The van der Waals surface area contributed by atoms with Gasteiger partial charge in [-0.3, -0.25) is 4.90 Å². The molecular weight excluding hydrogens is 341 g/mol. The number of ether oxygens (including phenoxy) is 1. The van der Waals surface area contributed by atoms with Crippen LogP contribution in [-0.2, 0) is 0 Å². The molecule has 0 aromatic heterocycles. The number of halogens is 3. The molecule has 26 heavy (non-hydrogen) atoms. The molecule has 1 fully saturated rings. The maximum absolute atomic E-state index is 12.4. The van der Waals surface area contributed by atoms with Gasteiger partial charge in [-0.2, -0.15) is 0 Å². The number of hydrogen-bond donors (Lipinski definition) is 1. The van der Waals surface area contributed by atoms with Crippen LogP contribution in [0.2, 0.25) is 0 Å². The Morgan fingerprint density at radius 1 is 0.962 bits per heavy atom. The average molecular weight is 364 g/mol. The van der Waals surface area contributed by atoms with Gasteiger partial charge in [0, 0.05) is 26.2 Å². The maximum atomic E-state index is 12.4. The number of benzene rings is 2. The molecule has 0 unspecified atom stereocenters. The van der Waals surface area contributed by atoms with Crippen molar-refractivity contribution in [2.45, 2.75) is 26.3 Å². The van der Waals surface area contributed by atoms with E-state index in [1.807, 2.05) is 6.07 Å². The molecule has 1 N–H and O–H groups in total. The van der Waals surface area contributed by atoms with Crippen LogP contribution >= 0.6 is 0 Å². The van der Waals surface area contributed by atoms with Crippen molar-refractivity contribution < 1.29 is 17.9 Å². The van der Waals surface area contributed by atoms with E-state index in [0.29, 0.717) is 0 Å². The molecule has 0 radical (unpaired) electrons. The van der Waals surface area contributed by atoms with Gasteiger partial charge in [-0.05, 0) is 48.2 Å². The Morgan fingerprint density at radius 3 is 2.08 bits per heavy atom. The predicted molar refractivity (Wildman–Crippen MR) is 95.3 cm³/mol. The zero-order valence-electron chi connectivity index (χ0n) is 14.9. The van der Waals surface area contributed by atoms with Crippen molar-refractivity contribution in [3.63, 3.8) is 0 Å². The number of hydrogen-bond acceptors (Lipinski definition) is 3. The van der Waals surface area contributed by atoms with Crippen LogP contribution in [0.5, 0.6) is 5.75 Å². The monoisotopic (exact) mass is 364 g/mol. The Morgan fingerprint density at radius 2 is 1.54 bits per heavy atom. The number of piperazine rings is 1. The van der Waals surface area contributed by atoms with Gasteiger partial charge in [-0.15, -0.1) is 13.2 Å². The molecule has 3 nitrogen and oxygen atoms in total. The number of nitrogens with one attached hydrogen (secondary N) is 1. The molecule has 0 amide bonds. The minimum atomic E-state index is -4.67. The first-order valence-corrected chi connectivity index (χ1v) is 8.72. The van der Waals surface area contributed by atoms with Gasteiger partial charge in [0.05, 0.1) is 6.04 Å². The fraction of sp³-hybridized carbons (Fsp3) is 0.400. The van der Waals surface area contributed by atoms with E-state index in [9.17, 15) is 13.2 Å². The second-order valence-electron chi connectivity index (χ2n) is 6.61. The topological polar surface area (TPSA) is 24.5 Å². The third kappa shape index (κ3) is 4.37.